The van der Waals surface area contributed by atoms with E-state index in [4.69, 9.17) is 0 Å². The van der Waals surface area contributed by atoms with Gasteiger partial charge in [0.25, 0.3) is 0 Å². The van der Waals surface area contributed by atoms with Crippen LogP contribution in [0.1, 0.15) is 44.7 Å². The van der Waals surface area contributed by atoms with Crippen molar-refractivity contribution >= 4 is 17.7 Å². The second-order valence-electron chi connectivity index (χ2n) is 7.29. The lowest BCUT2D eigenvalue weighted by Crippen LogP contribution is -2.42. The predicted molar refractivity (Wildman–Crippen MR) is 107 cm³/mol. The number of aromatic nitrogens is 2. The Labute approximate surface area is 172 Å². The van der Waals surface area contributed by atoms with E-state index in [2.05, 4.69) is 9.97 Å². The molecule has 1 aliphatic rings. The minimum atomic E-state index is -4.59. The van der Waals surface area contributed by atoms with Crippen molar-refractivity contribution < 1.29 is 18.0 Å². The first-order chi connectivity index (χ1) is 13.8. The molecule has 156 valence electrons. The zero-order valence-electron chi connectivity index (χ0n) is 16.4. The van der Waals surface area contributed by atoms with Gasteiger partial charge in [-0.1, -0.05) is 61.4 Å². The van der Waals surface area contributed by atoms with Crippen LogP contribution >= 0.6 is 11.8 Å². The number of benzene rings is 1. The predicted octanol–water partition coefficient (Wildman–Crippen LogP) is 5.43. The van der Waals surface area contributed by atoms with E-state index in [9.17, 15) is 18.0 Å². The van der Waals surface area contributed by atoms with Gasteiger partial charge in [-0.3, -0.25) is 4.79 Å². The lowest BCUT2D eigenvalue weighted by Gasteiger charge is -2.32. The molecule has 1 amide bonds. The smallest absolute Gasteiger partial charge is 0.342 e. The van der Waals surface area contributed by atoms with Crippen molar-refractivity contribution in [2.24, 2.45) is 0 Å². The highest BCUT2D eigenvalue weighted by molar-refractivity contribution is 8.00. The number of nitrogens with zero attached hydrogens (tertiary/aromatic N) is 3. The van der Waals surface area contributed by atoms with Crippen molar-refractivity contribution in [3.8, 4) is 11.3 Å². The van der Waals surface area contributed by atoms with Crippen molar-refractivity contribution in [1.29, 1.82) is 0 Å². The molecule has 1 aliphatic carbocycles. The molecule has 1 aromatic carbocycles. The minimum Gasteiger partial charge on any atom is -0.342 e. The fourth-order valence-electron chi connectivity index (χ4n) is 3.52. The first-order valence-corrected chi connectivity index (χ1v) is 10.6. The molecule has 1 aromatic heterocycles. The summed E-state index contributed by atoms with van der Waals surface area (Å²) in [7, 11) is 1.78. The van der Waals surface area contributed by atoms with Gasteiger partial charge in [-0.05, 0) is 25.8 Å². The quantitative estimate of drug-likeness (QED) is 0.475. The highest BCUT2D eigenvalue weighted by Crippen LogP contribution is 2.33. The van der Waals surface area contributed by atoms with Crippen LogP contribution in [0.25, 0.3) is 11.3 Å². The third kappa shape index (κ3) is 5.50. The third-order valence-corrected chi connectivity index (χ3v) is 6.11. The Bertz CT molecular complexity index is 839. The molecule has 0 saturated heterocycles. The molecule has 1 atom stereocenters. The van der Waals surface area contributed by atoms with Crippen molar-refractivity contribution in [3.05, 3.63) is 42.1 Å². The van der Waals surface area contributed by atoms with Crippen LogP contribution in [0.3, 0.4) is 0 Å². The van der Waals surface area contributed by atoms with Crippen molar-refractivity contribution in [1.82, 2.24) is 14.9 Å². The van der Waals surface area contributed by atoms with Crippen LogP contribution in [0.2, 0.25) is 0 Å². The number of hydrogen-bond acceptors (Lipinski definition) is 4. The summed E-state index contributed by atoms with van der Waals surface area (Å²) in [6, 6.07) is 9.80. The molecule has 4 nitrogen and oxygen atoms in total. The number of halogens is 3. The van der Waals surface area contributed by atoms with Gasteiger partial charge in [-0.25, -0.2) is 9.97 Å². The minimum absolute atomic E-state index is 0.0448. The van der Waals surface area contributed by atoms with Gasteiger partial charge in [0.1, 0.15) is 5.69 Å². The molecule has 0 spiro atoms. The first kappa shape index (κ1) is 21.6. The maximum Gasteiger partial charge on any atom is 0.433 e. The molecule has 8 heteroatoms. The summed E-state index contributed by atoms with van der Waals surface area (Å²) in [6.45, 7) is 1.69. The SMILES string of the molecule is C[C@H](Sc1nc(-c2ccccc2)cc(C(F)(F)F)n1)C(=O)N(C)C1CCCCC1. The molecule has 0 radical (unpaired) electrons. The Morgan fingerprint density at radius 3 is 2.41 bits per heavy atom. The van der Waals surface area contributed by atoms with Gasteiger partial charge in [0.2, 0.25) is 5.91 Å². The first-order valence-electron chi connectivity index (χ1n) is 9.70. The monoisotopic (exact) mass is 423 g/mol. The standard InChI is InChI=1S/C21H24F3N3OS/c1-14(19(28)27(2)16-11-7-4-8-12-16)29-20-25-17(15-9-5-3-6-10-15)13-18(26-20)21(22,23)24/h3,5-6,9-10,13-14,16H,4,7-8,11-12H2,1-2H3/t14-/m0/s1. The molecule has 1 saturated carbocycles. The summed E-state index contributed by atoms with van der Waals surface area (Å²) in [5, 5.41) is -0.620. The molecule has 1 heterocycles. The number of carbonyl (C=O) groups is 1. The van der Waals surface area contributed by atoms with E-state index < -0.39 is 17.1 Å². The van der Waals surface area contributed by atoms with Gasteiger partial charge in [-0.2, -0.15) is 13.2 Å². The fourth-order valence-corrected chi connectivity index (χ4v) is 4.41. The van der Waals surface area contributed by atoms with Crippen LogP contribution in [0, 0.1) is 0 Å². The second-order valence-corrected chi connectivity index (χ2v) is 8.59. The van der Waals surface area contributed by atoms with Gasteiger partial charge >= 0.3 is 6.18 Å². The van der Waals surface area contributed by atoms with Crippen LogP contribution in [0.15, 0.2) is 41.6 Å². The molecule has 2 aromatic rings. The summed E-state index contributed by atoms with van der Waals surface area (Å²) in [5.41, 5.74) is -0.245. The average molecular weight is 424 g/mol. The number of rotatable bonds is 5. The van der Waals surface area contributed by atoms with E-state index in [1.54, 1.807) is 49.2 Å². The number of carbonyl (C=O) groups excluding carboxylic acids is 1. The average Bonchev–Trinajstić information content (AvgIpc) is 2.73. The summed E-state index contributed by atoms with van der Waals surface area (Å²) in [5.74, 6) is -0.107. The molecule has 0 aliphatic heterocycles. The Balaban J connectivity index is 1.82. The lowest BCUT2D eigenvalue weighted by molar-refractivity contribution is -0.141. The zero-order valence-corrected chi connectivity index (χ0v) is 17.3. The third-order valence-electron chi connectivity index (χ3n) is 5.17. The van der Waals surface area contributed by atoms with Gasteiger partial charge < -0.3 is 4.90 Å². The number of hydrogen-bond donors (Lipinski definition) is 0. The van der Waals surface area contributed by atoms with Gasteiger partial charge in [0.05, 0.1) is 10.9 Å². The van der Waals surface area contributed by atoms with E-state index in [-0.39, 0.29) is 22.8 Å². The molecule has 0 bridgehead atoms. The number of amides is 1. The van der Waals surface area contributed by atoms with Gasteiger partial charge in [-0.15, -0.1) is 0 Å². The van der Waals surface area contributed by atoms with Crippen molar-refractivity contribution in [2.45, 2.75) is 61.7 Å². The highest BCUT2D eigenvalue weighted by Gasteiger charge is 2.34. The topological polar surface area (TPSA) is 46.1 Å². The molecule has 3 rings (SSSR count). The van der Waals surface area contributed by atoms with E-state index >= 15 is 0 Å². The molecular weight excluding hydrogens is 399 g/mol. The van der Waals surface area contributed by atoms with Crippen molar-refractivity contribution in [2.75, 3.05) is 7.05 Å². The maximum atomic E-state index is 13.4. The molecule has 1 fully saturated rings. The Morgan fingerprint density at radius 2 is 1.79 bits per heavy atom. The van der Waals surface area contributed by atoms with E-state index in [1.807, 2.05) is 0 Å². The van der Waals surface area contributed by atoms with Crippen LogP contribution in [0.4, 0.5) is 13.2 Å². The summed E-state index contributed by atoms with van der Waals surface area (Å²) in [6.07, 6.45) is 0.731. The normalized spacial score (nSPS) is 16.4. The van der Waals surface area contributed by atoms with Gasteiger partial charge in [0.15, 0.2) is 5.16 Å². The maximum absolute atomic E-state index is 13.4. The Hall–Kier alpha value is -2.09. The number of alkyl halides is 3. The van der Waals surface area contributed by atoms with Crippen LogP contribution in [0.5, 0.6) is 0 Å². The van der Waals surface area contributed by atoms with E-state index in [0.717, 1.165) is 43.5 Å². The Morgan fingerprint density at radius 1 is 1.14 bits per heavy atom. The molecular formula is C21H24F3N3OS. The van der Waals surface area contributed by atoms with Crippen molar-refractivity contribution in [3.63, 3.8) is 0 Å². The molecule has 0 unspecified atom stereocenters. The van der Waals surface area contributed by atoms with Crippen LogP contribution < -0.4 is 0 Å². The van der Waals surface area contributed by atoms with Crippen LogP contribution in [-0.4, -0.2) is 39.1 Å². The van der Waals surface area contributed by atoms with Crippen LogP contribution in [-0.2, 0) is 11.0 Å². The summed E-state index contributed by atoms with van der Waals surface area (Å²) < 4.78 is 40.1. The zero-order chi connectivity index (χ0) is 21.0. The Kier molecular flexibility index (Phi) is 6.82. The molecule has 29 heavy (non-hydrogen) atoms. The van der Waals surface area contributed by atoms with E-state index in [1.165, 1.54) is 6.42 Å². The van der Waals surface area contributed by atoms with E-state index in [0.29, 0.717) is 5.56 Å². The summed E-state index contributed by atoms with van der Waals surface area (Å²) >= 11 is 0.970. The summed E-state index contributed by atoms with van der Waals surface area (Å²) in [4.78, 5) is 22.5. The van der Waals surface area contributed by atoms with Gasteiger partial charge in [0, 0.05) is 18.7 Å². The second kappa shape index (κ2) is 9.15. The lowest BCUT2D eigenvalue weighted by atomic mass is 9.94. The highest BCUT2D eigenvalue weighted by atomic mass is 32.2. The number of thioether (sulfide) groups is 1. The fraction of sp³-hybridized carbons (Fsp3) is 0.476. The molecule has 0 N–H and O–H groups in total. The largest absolute Gasteiger partial charge is 0.433 e.